The third kappa shape index (κ3) is 2.88. The minimum atomic E-state index is 0. The van der Waals surface area contributed by atoms with Crippen molar-refractivity contribution in [2.45, 2.75) is 37.6 Å². The van der Waals surface area contributed by atoms with Gasteiger partial charge in [0.25, 0.3) is 0 Å². The van der Waals surface area contributed by atoms with E-state index in [4.69, 9.17) is 4.98 Å². The highest BCUT2D eigenvalue weighted by molar-refractivity contribution is 5.85. The second-order valence-electron chi connectivity index (χ2n) is 8.06. The molecule has 0 atom stereocenters. The number of benzene rings is 1. The molecule has 4 heterocycles. The van der Waals surface area contributed by atoms with Gasteiger partial charge in [0.1, 0.15) is 5.82 Å². The molecular formula is C21H24ClN7. The maximum atomic E-state index is 5.06. The van der Waals surface area contributed by atoms with Gasteiger partial charge in [-0.2, -0.15) is 14.7 Å². The molecule has 4 aromatic rings. The third-order valence-corrected chi connectivity index (χ3v) is 6.52. The lowest BCUT2D eigenvalue weighted by atomic mass is 9.77. The van der Waals surface area contributed by atoms with Crippen LogP contribution in [0.5, 0.6) is 0 Å². The van der Waals surface area contributed by atoms with Crippen LogP contribution in [0.4, 0.5) is 5.82 Å². The molecule has 1 aromatic carbocycles. The predicted octanol–water partition coefficient (Wildman–Crippen LogP) is 3.21. The zero-order valence-corrected chi connectivity index (χ0v) is 16.9. The highest BCUT2D eigenvalue weighted by Crippen LogP contribution is 2.46. The van der Waals surface area contributed by atoms with E-state index in [1.807, 2.05) is 23.0 Å². The van der Waals surface area contributed by atoms with Gasteiger partial charge in [0.2, 0.25) is 0 Å². The molecule has 3 N–H and O–H groups in total. The quantitative estimate of drug-likeness (QED) is 0.484. The second-order valence-corrected chi connectivity index (χ2v) is 8.06. The maximum absolute atomic E-state index is 5.06. The molecule has 1 aliphatic heterocycles. The van der Waals surface area contributed by atoms with E-state index >= 15 is 0 Å². The van der Waals surface area contributed by atoms with Crippen molar-refractivity contribution in [1.82, 2.24) is 30.1 Å². The van der Waals surface area contributed by atoms with Crippen LogP contribution < -0.4 is 10.6 Å². The standard InChI is InChI=1S/C21H23N7.ClH/c1-2-15-13-24-27-17(15)11-14(1)12-23-20-16-3-5-21(6-9-22-10-7-21)19(16)26-18-4-8-25-28(18)20;/h1-2,4,8,11,13,22-23H,3,5-7,9-10,12H2,(H,24,27);1H. The van der Waals surface area contributed by atoms with Gasteiger partial charge in [-0.3, -0.25) is 5.10 Å². The lowest BCUT2D eigenvalue weighted by Crippen LogP contribution is -2.39. The highest BCUT2D eigenvalue weighted by Gasteiger charge is 2.42. The molecule has 29 heavy (non-hydrogen) atoms. The van der Waals surface area contributed by atoms with E-state index < -0.39 is 0 Å². The summed E-state index contributed by atoms with van der Waals surface area (Å²) in [5, 5.41) is 20.0. The number of H-pyrrole nitrogens is 1. The lowest BCUT2D eigenvalue weighted by molar-refractivity contribution is 0.301. The van der Waals surface area contributed by atoms with Crippen molar-refractivity contribution in [1.29, 1.82) is 0 Å². The predicted molar refractivity (Wildman–Crippen MR) is 116 cm³/mol. The van der Waals surface area contributed by atoms with Crippen LogP contribution in [0.1, 0.15) is 36.1 Å². The van der Waals surface area contributed by atoms with E-state index in [1.54, 1.807) is 0 Å². The minimum Gasteiger partial charge on any atom is -0.366 e. The summed E-state index contributed by atoms with van der Waals surface area (Å²) in [5.41, 5.74) is 6.10. The maximum Gasteiger partial charge on any atom is 0.157 e. The molecule has 150 valence electrons. The first-order valence-corrected chi connectivity index (χ1v) is 10.1. The molecule has 0 amide bonds. The summed E-state index contributed by atoms with van der Waals surface area (Å²) in [4.78, 5) is 5.06. The Bertz CT molecular complexity index is 1170. The van der Waals surface area contributed by atoms with Crippen molar-refractivity contribution in [3.05, 3.63) is 53.5 Å². The summed E-state index contributed by atoms with van der Waals surface area (Å²) in [5.74, 6) is 1.10. The summed E-state index contributed by atoms with van der Waals surface area (Å²) in [7, 11) is 0. The largest absolute Gasteiger partial charge is 0.366 e. The molecule has 7 nitrogen and oxygen atoms in total. The molecule has 2 aliphatic rings. The number of hydrogen-bond acceptors (Lipinski definition) is 5. The van der Waals surface area contributed by atoms with Gasteiger partial charge in [-0.05, 0) is 50.4 Å². The zero-order chi connectivity index (χ0) is 18.6. The Morgan fingerprint density at radius 2 is 2.03 bits per heavy atom. The first-order chi connectivity index (χ1) is 13.8. The number of hydrogen-bond donors (Lipinski definition) is 3. The molecule has 1 fully saturated rings. The van der Waals surface area contributed by atoms with Crippen molar-refractivity contribution in [2.75, 3.05) is 18.4 Å². The van der Waals surface area contributed by atoms with E-state index in [9.17, 15) is 0 Å². The van der Waals surface area contributed by atoms with Crippen LogP contribution in [0.25, 0.3) is 16.6 Å². The van der Waals surface area contributed by atoms with Gasteiger partial charge in [-0.1, -0.05) is 12.1 Å². The Morgan fingerprint density at radius 1 is 1.14 bits per heavy atom. The number of rotatable bonds is 3. The van der Waals surface area contributed by atoms with Crippen LogP contribution >= 0.6 is 12.4 Å². The topological polar surface area (TPSA) is 82.9 Å². The van der Waals surface area contributed by atoms with Crippen molar-refractivity contribution in [3.63, 3.8) is 0 Å². The van der Waals surface area contributed by atoms with Gasteiger partial charge < -0.3 is 10.6 Å². The van der Waals surface area contributed by atoms with Gasteiger partial charge in [0.15, 0.2) is 5.65 Å². The normalized spacial score (nSPS) is 17.5. The summed E-state index contributed by atoms with van der Waals surface area (Å²) < 4.78 is 1.97. The Hall–Kier alpha value is -2.64. The number of nitrogens with zero attached hydrogens (tertiary/aromatic N) is 4. The molecule has 3 aromatic heterocycles. The fraction of sp³-hybridized carbons (Fsp3) is 0.381. The first kappa shape index (κ1) is 18.4. The monoisotopic (exact) mass is 409 g/mol. The van der Waals surface area contributed by atoms with E-state index in [0.29, 0.717) is 0 Å². The average Bonchev–Trinajstić information content (AvgIpc) is 3.45. The van der Waals surface area contributed by atoms with Crippen LogP contribution in [0, 0.1) is 0 Å². The van der Waals surface area contributed by atoms with Crippen LogP contribution in [-0.2, 0) is 18.4 Å². The smallest absolute Gasteiger partial charge is 0.157 e. The van der Waals surface area contributed by atoms with E-state index in [1.165, 1.54) is 36.1 Å². The molecule has 8 heteroatoms. The molecular weight excluding hydrogens is 386 g/mol. The van der Waals surface area contributed by atoms with E-state index in [-0.39, 0.29) is 17.8 Å². The van der Waals surface area contributed by atoms with Crippen LogP contribution in [-0.4, -0.2) is 37.9 Å². The molecule has 0 saturated carbocycles. The first-order valence-electron chi connectivity index (χ1n) is 10.1. The highest BCUT2D eigenvalue weighted by atomic mass is 35.5. The van der Waals surface area contributed by atoms with Crippen LogP contribution in [0.15, 0.2) is 36.7 Å². The Kier molecular flexibility index (Phi) is 4.44. The lowest BCUT2D eigenvalue weighted by Gasteiger charge is -2.34. The molecule has 0 unspecified atom stereocenters. The number of piperidine rings is 1. The number of halogens is 1. The summed E-state index contributed by atoms with van der Waals surface area (Å²) >= 11 is 0. The summed E-state index contributed by atoms with van der Waals surface area (Å²) in [6.45, 7) is 2.91. The average molecular weight is 410 g/mol. The molecule has 0 bridgehead atoms. The van der Waals surface area contributed by atoms with Gasteiger partial charge in [0, 0.05) is 29.0 Å². The Balaban J connectivity index is 0.00000181. The Labute approximate surface area is 174 Å². The van der Waals surface area contributed by atoms with E-state index in [0.717, 1.165) is 48.4 Å². The van der Waals surface area contributed by atoms with Gasteiger partial charge in [-0.15, -0.1) is 12.4 Å². The summed E-state index contributed by atoms with van der Waals surface area (Å²) in [6, 6.07) is 8.43. The van der Waals surface area contributed by atoms with Crippen LogP contribution in [0.2, 0.25) is 0 Å². The fourth-order valence-electron chi connectivity index (χ4n) is 4.99. The van der Waals surface area contributed by atoms with Crippen molar-refractivity contribution < 1.29 is 0 Å². The number of aromatic nitrogens is 5. The number of fused-ring (bicyclic) bond motifs is 4. The molecule has 0 radical (unpaired) electrons. The molecule has 1 aliphatic carbocycles. The Morgan fingerprint density at radius 3 is 2.93 bits per heavy atom. The number of nitrogens with one attached hydrogen (secondary N) is 3. The van der Waals surface area contributed by atoms with Crippen LogP contribution in [0.3, 0.4) is 0 Å². The van der Waals surface area contributed by atoms with Gasteiger partial charge >= 0.3 is 0 Å². The van der Waals surface area contributed by atoms with Crippen molar-refractivity contribution >= 4 is 34.8 Å². The van der Waals surface area contributed by atoms with Crippen molar-refractivity contribution in [2.24, 2.45) is 0 Å². The fourth-order valence-corrected chi connectivity index (χ4v) is 4.99. The second kappa shape index (κ2) is 7.00. The summed E-state index contributed by atoms with van der Waals surface area (Å²) in [6.07, 6.45) is 8.31. The van der Waals surface area contributed by atoms with Crippen molar-refractivity contribution in [3.8, 4) is 0 Å². The zero-order valence-electron chi connectivity index (χ0n) is 16.1. The molecule has 1 spiro atoms. The third-order valence-electron chi connectivity index (χ3n) is 6.52. The molecule has 1 saturated heterocycles. The SMILES string of the molecule is Cl.c1cc2nc3c(c(NCc4ccc5cn[nH]c5c4)n2n1)CCC31CCNCC1. The van der Waals surface area contributed by atoms with E-state index in [2.05, 4.69) is 44.1 Å². The van der Waals surface area contributed by atoms with Gasteiger partial charge in [-0.25, -0.2) is 4.98 Å². The number of anilines is 1. The molecule has 6 rings (SSSR count). The van der Waals surface area contributed by atoms with Gasteiger partial charge in [0.05, 0.1) is 23.6 Å². The minimum absolute atomic E-state index is 0. The number of aromatic amines is 1.